The predicted molar refractivity (Wildman–Crippen MR) is 150 cm³/mol. The topological polar surface area (TPSA) is 99.4 Å². The summed E-state index contributed by atoms with van der Waals surface area (Å²) in [6, 6.07) is 12.0. The van der Waals surface area contributed by atoms with Gasteiger partial charge in [-0.2, -0.15) is 0 Å². The van der Waals surface area contributed by atoms with Crippen LogP contribution in [0.25, 0.3) is 6.08 Å². The first-order valence-corrected chi connectivity index (χ1v) is 13.4. The van der Waals surface area contributed by atoms with Crippen molar-refractivity contribution in [3.8, 4) is 11.5 Å². The van der Waals surface area contributed by atoms with E-state index < -0.39 is 18.0 Å². The first-order valence-electron chi connectivity index (χ1n) is 12.6. The van der Waals surface area contributed by atoms with Gasteiger partial charge in [-0.15, -0.1) is 0 Å². The van der Waals surface area contributed by atoms with Gasteiger partial charge < -0.3 is 19.1 Å². The number of aromatic nitrogens is 1. The van der Waals surface area contributed by atoms with Crippen LogP contribution in [0.3, 0.4) is 0 Å². The van der Waals surface area contributed by atoms with E-state index >= 15 is 0 Å². The minimum absolute atomic E-state index is 0.172. The molecule has 9 nitrogen and oxygen atoms in total. The van der Waals surface area contributed by atoms with Crippen LogP contribution in [0, 0.1) is 0 Å². The number of rotatable bonds is 8. The second-order valence-electron chi connectivity index (χ2n) is 9.02. The van der Waals surface area contributed by atoms with Gasteiger partial charge in [-0.1, -0.05) is 29.5 Å². The number of ether oxygens (including phenoxy) is 3. The maximum absolute atomic E-state index is 13.8. The summed E-state index contributed by atoms with van der Waals surface area (Å²) in [7, 11) is 3.93. The number of carbonyl (C=O) groups is 2. The Morgan fingerprint density at radius 1 is 1.08 bits per heavy atom. The Kier molecular flexibility index (Phi) is 8.35. The van der Waals surface area contributed by atoms with Crippen molar-refractivity contribution in [3.63, 3.8) is 0 Å². The largest absolute Gasteiger partial charge is 0.490 e. The van der Waals surface area contributed by atoms with E-state index in [4.69, 9.17) is 14.2 Å². The Balaban J connectivity index is 1.92. The SMILES string of the molecule is CCOC(=O)C1=C(C)N=c2s/c(=C/c3ccc(N(C)C)cc3)c(=O)n2[C@@H]1c1ccc(OC(C)=O)c(OCC)c1. The van der Waals surface area contributed by atoms with Crippen LogP contribution in [-0.2, 0) is 14.3 Å². The van der Waals surface area contributed by atoms with Crippen LogP contribution in [0.4, 0.5) is 5.69 Å². The highest BCUT2D eigenvalue weighted by Crippen LogP contribution is 2.36. The van der Waals surface area contributed by atoms with Crippen molar-refractivity contribution in [3.05, 3.63) is 84.5 Å². The van der Waals surface area contributed by atoms with E-state index in [9.17, 15) is 14.4 Å². The Morgan fingerprint density at radius 2 is 1.79 bits per heavy atom. The van der Waals surface area contributed by atoms with Gasteiger partial charge in [0.05, 0.1) is 35.1 Å². The van der Waals surface area contributed by atoms with Gasteiger partial charge in [0, 0.05) is 26.7 Å². The zero-order valence-electron chi connectivity index (χ0n) is 22.8. The molecule has 4 rings (SSSR count). The number of anilines is 1. The fourth-order valence-electron chi connectivity index (χ4n) is 4.33. The van der Waals surface area contributed by atoms with Crippen LogP contribution < -0.4 is 29.3 Å². The number of fused-ring (bicyclic) bond motifs is 1. The van der Waals surface area contributed by atoms with Crippen molar-refractivity contribution < 1.29 is 23.8 Å². The number of hydrogen-bond acceptors (Lipinski definition) is 9. The minimum Gasteiger partial charge on any atom is -0.490 e. The molecule has 0 spiro atoms. The number of carbonyl (C=O) groups excluding carboxylic acids is 2. The predicted octanol–water partition coefficient (Wildman–Crippen LogP) is 3.19. The molecule has 0 saturated heterocycles. The summed E-state index contributed by atoms with van der Waals surface area (Å²) in [5.74, 6) is -0.469. The summed E-state index contributed by atoms with van der Waals surface area (Å²) in [6.45, 7) is 7.07. The Hall–Kier alpha value is -4.18. The molecule has 2 aromatic carbocycles. The van der Waals surface area contributed by atoms with Crippen molar-refractivity contribution in [1.29, 1.82) is 0 Å². The minimum atomic E-state index is -0.816. The number of allylic oxidation sites excluding steroid dienone is 1. The number of esters is 2. The van der Waals surface area contributed by atoms with Gasteiger partial charge in [0.1, 0.15) is 0 Å². The lowest BCUT2D eigenvalue weighted by Crippen LogP contribution is -2.40. The first kappa shape index (κ1) is 27.8. The fourth-order valence-corrected chi connectivity index (χ4v) is 5.38. The molecule has 10 heteroatoms. The Bertz CT molecular complexity index is 1620. The monoisotopic (exact) mass is 549 g/mol. The van der Waals surface area contributed by atoms with Gasteiger partial charge in [-0.25, -0.2) is 9.79 Å². The number of nitrogens with zero attached hydrogens (tertiary/aromatic N) is 3. The van der Waals surface area contributed by atoms with Crippen LogP contribution in [0.5, 0.6) is 11.5 Å². The van der Waals surface area contributed by atoms with Crippen LogP contribution in [-0.4, -0.2) is 43.8 Å². The van der Waals surface area contributed by atoms with Crippen molar-refractivity contribution in [1.82, 2.24) is 4.57 Å². The molecule has 39 heavy (non-hydrogen) atoms. The normalized spacial score (nSPS) is 14.9. The average molecular weight is 550 g/mol. The molecule has 0 aliphatic carbocycles. The van der Waals surface area contributed by atoms with Gasteiger partial charge in [0.25, 0.3) is 5.56 Å². The number of hydrogen-bond donors (Lipinski definition) is 0. The van der Waals surface area contributed by atoms with Crippen LogP contribution >= 0.6 is 11.3 Å². The second kappa shape index (κ2) is 11.7. The van der Waals surface area contributed by atoms with Crippen LogP contribution in [0.15, 0.2) is 63.5 Å². The van der Waals surface area contributed by atoms with Crippen LogP contribution in [0.2, 0.25) is 0 Å². The molecule has 1 aliphatic heterocycles. The highest BCUT2D eigenvalue weighted by molar-refractivity contribution is 7.07. The van der Waals surface area contributed by atoms with E-state index in [0.717, 1.165) is 11.3 Å². The zero-order chi connectivity index (χ0) is 28.3. The molecule has 204 valence electrons. The molecule has 0 amide bonds. The molecule has 0 N–H and O–H groups in total. The molecule has 0 fully saturated rings. The van der Waals surface area contributed by atoms with E-state index in [0.29, 0.717) is 33.0 Å². The van der Waals surface area contributed by atoms with Crippen molar-refractivity contribution in [2.45, 2.75) is 33.7 Å². The molecule has 2 heterocycles. The third-order valence-electron chi connectivity index (χ3n) is 6.06. The van der Waals surface area contributed by atoms with Gasteiger partial charge in [0.2, 0.25) is 0 Å². The second-order valence-corrected chi connectivity index (χ2v) is 10.0. The molecular weight excluding hydrogens is 518 g/mol. The smallest absolute Gasteiger partial charge is 0.338 e. The van der Waals surface area contributed by atoms with E-state index in [1.54, 1.807) is 32.0 Å². The first-order chi connectivity index (χ1) is 18.6. The number of thiazole rings is 1. The Morgan fingerprint density at radius 3 is 2.41 bits per heavy atom. The van der Waals surface area contributed by atoms with Crippen LogP contribution in [0.1, 0.15) is 44.9 Å². The maximum Gasteiger partial charge on any atom is 0.338 e. The highest BCUT2D eigenvalue weighted by atomic mass is 32.1. The standard InChI is InChI=1S/C29H31N3O6S/c1-7-36-23-16-20(11-14-22(23)38-18(4)33)26-25(28(35)37-8-2)17(3)30-29-32(26)27(34)24(39-29)15-19-9-12-21(13-10-19)31(5)6/h9-16,26H,7-8H2,1-6H3/b24-15+/t26-/m1/s1. The fraction of sp³-hybridized carbons (Fsp3) is 0.310. The van der Waals surface area contributed by atoms with Crippen molar-refractivity contribution in [2.24, 2.45) is 4.99 Å². The molecule has 0 unspecified atom stereocenters. The summed E-state index contributed by atoms with van der Waals surface area (Å²) in [5.41, 5.74) is 2.95. The zero-order valence-corrected chi connectivity index (χ0v) is 23.6. The molecule has 3 aromatic rings. The summed E-state index contributed by atoms with van der Waals surface area (Å²) in [4.78, 5) is 45.7. The summed E-state index contributed by atoms with van der Waals surface area (Å²) >= 11 is 1.25. The molecule has 1 atom stereocenters. The Labute approximate surface area is 230 Å². The van der Waals surface area contributed by atoms with E-state index in [-0.39, 0.29) is 23.5 Å². The van der Waals surface area contributed by atoms with E-state index in [2.05, 4.69) is 4.99 Å². The quantitative estimate of drug-likeness (QED) is 0.314. The van der Waals surface area contributed by atoms with Gasteiger partial charge >= 0.3 is 11.9 Å². The number of benzene rings is 2. The summed E-state index contributed by atoms with van der Waals surface area (Å²) in [6.07, 6.45) is 1.82. The van der Waals surface area contributed by atoms with Gasteiger partial charge in [-0.05, 0) is 62.2 Å². The molecule has 0 bridgehead atoms. The van der Waals surface area contributed by atoms with Crippen molar-refractivity contribution >= 4 is 35.0 Å². The highest BCUT2D eigenvalue weighted by Gasteiger charge is 2.34. The third kappa shape index (κ3) is 5.80. The molecule has 1 aromatic heterocycles. The summed E-state index contributed by atoms with van der Waals surface area (Å²) < 4.78 is 18.4. The molecule has 0 saturated carbocycles. The molecular formula is C29H31N3O6S. The van der Waals surface area contributed by atoms with E-state index in [1.165, 1.54) is 22.8 Å². The maximum atomic E-state index is 13.8. The lowest BCUT2D eigenvalue weighted by atomic mass is 9.95. The van der Waals surface area contributed by atoms with Gasteiger partial charge in [-0.3, -0.25) is 14.2 Å². The lowest BCUT2D eigenvalue weighted by Gasteiger charge is -2.25. The van der Waals surface area contributed by atoms with E-state index in [1.807, 2.05) is 56.3 Å². The molecule has 1 aliphatic rings. The van der Waals surface area contributed by atoms with Crippen molar-refractivity contribution in [2.75, 3.05) is 32.2 Å². The molecule has 0 radical (unpaired) electrons. The summed E-state index contributed by atoms with van der Waals surface area (Å²) in [5, 5.41) is 0. The average Bonchev–Trinajstić information content (AvgIpc) is 3.18. The lowest BCUT2D eigenvalue weighted by molar-refractivity contribution is -0.139. The third-order valence-corrected chi connectivity index (χ3v) is 7.04. The van der Waals surface area contributed by atoms with Gasteiger partial charge in [0.15, 0.2) is 16.3 Å².